The van der Waals surface area contributed by atoms with Crippen LogP contribution in [0.15, 0.2) is 0 Å². The predicted octanol–water partition coefficient (Wildman–Crippen LogP) is -0.0461. The van der Waals surface area contributed by atoms with Gasteiger partial charge in [0.1, 0.15) is 5.78 Å². The van der Waals surface area contributed by atoms with Crippen LogP contribution in [-0.4, -0.2) is 31.6 Å². The molecule has 10 heavy (non-hydrogen) atoms. The highest BCUT2D eigenvalue weighted by Gasteiger charge is 2.13. The van der Waals surface area contributed by atoms with Gasteiger partial charge in [-0.05, 0) is 6.92 Å². The molecule has 3 nitrogen and oxygen atoms in total. The molecule has 1 rings (SSSR count). The fourth-order valence-electron chi connectivity index (χ4n) is 1.10. The molecule has 0 radical (unpaired) electrons. The van der Waals surface area contributed by atoms with Gasteiger partial charge in [-0.15, -0.1) is 0 Å². The van der Waals surface area contributed by atoms with Gasteiger partial charge in [0.15, 0.2) is 0 Å². The van der Waals surface area contributed by atoms with E-state index in [1.807, 2.05) is 0 Å². The smallest absolute Gasteiger partial charge is 0.131 e. The van der Waals surface area contributed by atoms with Gasteiger partial charge < -0.3 is 10.1 Å². The summed E-state index contributed by atoms with van der Waals surface area (Å²) in [4.78, 5) is 10.6. The number of carbonyl (C=O) groups excluding carboxylic acids is 1. The Balaban J connectivity index is 2.19. The summed E-state index contributed by atoms with van der Waals surface area (Å²) >= 11 is 0. The molecule has 0 spiro atoms. The first-order valence-corrected chi connectivity index (χ1v) is 3.59. The summed E-state index contributed by atoms with van der Waals surface area (Å²) in [5, 5.41) is 3.20. The molecule has 1 heterocycles. The zero-order valence-corrected chi connectivity index (χ0v) is 6.22. The van der Waals surface area contributed by atoms with Crippen molar-refractivity contribution >= 4 is 5.78 Å². The Kier molecular flexibility index (Phi) is 2.83. The highest BCUT2D eigenvalue weighted by atomic mass is 16.5. The number of rotatable bonds is 2. The molecule has 0 aliphatic carbocycles. The largest absolute Gasteiger partial charge is 0.379 e. The van der Waals surface area contributed by atoms with Crippen LogP contribution in [-0.2, 0) is 9.53 Å². The number of hydrogen-bond acceptors (Lipinski definition) is 3. The lowest BCUT2D eigenvalue weighted by atomic mass is 10.1. The van der Waals surface area contributed by atoms with E-state index in [1.165, 1.54) is 0 Å². The van der Waals surface area contributed by atoms with E-state index in [0.717, 1.165) is 13.2 Å². The van der Waals surface area contributed by atoms with Gasteiger partial charge in [0.25, 0.3) is 0 Å². The van der Waals surface area contributed by atoms with Gasteiger partial charge in [0.05, 0.1) is 13.2 Å². The summed E-state index contributed by atoms with van der Waals surface area (Å²) in [6.07, 6.45) is 0.597. The van der Waals surface area contributed by atoms with E-state index >= 15 is 0 Å². The molecule has 0 amide bonds. The normalized spacial score (nSPS) is 26.3. The number of Topliss-reactive ketones (excluding diaryl/α,β-unsaturated/α-hetero) is 1. The molecule has 1 saturated heterocycles. The third-order valence-electron chi connectivity index (χ3n) is 1.53. The fraction of sp³-hybridized carbons (Fsp3) is 0.857. The summed E-state index contributed by atoms with van der Waals surface area (Å²) in [7, 11) is 0. The molecule has 1 fully saturated rings. The van der Waals surface area contributed by atoms with Gasteiger partial charge in [-0.3, -0.25) is 4.79 Å². The number of morpholine rings is 1. The molecule has 3 heteroatoms. The predicted molar refractivity (Wildman–Crippen MR) is 37.9 cm³/mol. The van der Waals surface area contributed by atoms with Crippen LogP contribution in [0.1, 0.15) is 13.3 Å². The molecule has 1 atom stereocenters. The van der Waals surface area contributed by atoms with Crippen LogP contribution in [0.5, 0.6) is 0 Å². The summed E-state index contributed by atoms with van der Waals surface area (Å²) in [6.45, 7) is 3.93. The van der Waals surface area contributed by atoms with Crippen molar-refractivity contribution in [2.45, 2.75) is 19.4 Å². The van der Waals surface area contributed by atoms with E-state index < -0.39 is 0 Å². The third-order valence-corrected chi connectivity index (χ3v) is 1.53. The van der Waals surface area contributed by atoms with Crippen molar-refractivity contribution in [3.8, 4) is 0 Å². The molecule has 1 aliphatic heterocycles. The standard InChI is InChI=1S/C7H13NO2/c1-6(9)4-7-5-10-3-2-8-7/h7-8H,2-5H2,1H3. The maximum absolute atomic E-state index is 10.6. The summed E-state index contributed by atoms with van der Waals surface area (Å²) < 4.78 is 5.17. The van der Waals surface area contributed by atoms with Gasteiger partial charge in [-0.1, -0.05) is 0 Å². The Morgan fingerprint density at radius 3 is 3.10 bits per heavy atom. The second-order valence-electron chi connectivity index (χ2n) is 2.63. The van der Waals surface area contributed by atoms with E-state index in [2.05, 4.69) is 5.32 Å². The van der Waals surface area contributed by atoms with Gasteiger partial charge in [0.2, 0.25) is 0 Å². The number of hydrogen-bond donors (Lipinski definition) is 1. The van der Waals surface area contributed by atoms with Crippen molar-refractivity contribution in [3.63, 3.8) is 0 Å². The summed E-state index contributed by atoms with van der Waals surface area (Å²) in [5.74, 6) is 0.225. The first-order chi connectivity index (χ1) is 4.79. The maximum Gasteiger partial charge on any atom is 0.131 e. The van der Waals surface area contributed by atoms with Crippen molar-refractivity contribution in [3.05, 3.63) is 0 Å². The van der Waals surface area contributed by atoms with Crippen molar-refractivity contribution < 1.29 is 9.53 Å². The van der Waals surface area contributed by atoms with Crippen molar-refractivity contribution in [2.24, 2.45) is 0 Å². The monoisotopic (exact) mass is 143 g/mol. The average molecular weight is 143 g/mol. The maximum atomic E-state index is 10.6. The van der Waals surface area contributed by atoms with E-state index in [1.54, 1.807) is 6.92 Å². The second-order valence-corrected chi connectivity index (χ2v) is 2.63. The molecule has 0 aromatic heterocycles. The molecule has 1 N–H and O–H groups in total. The minimum atomic E-state index is 0.225. The first kappa shape index (κ1) is 7.69. The van der Waals surface area contributed by atoms with Gasteiger partial charge in [0, 0.05) is 19.0 Å². The lowest BCUT2D eigenvalue weighted by Crippen LogP contribution is -2.42. The Bertz CT molecular complexity index is 119. The molecule has 58 valence electrons. The SMILES string of the molecule is CC(=O)CC1COCCN1. The van der Waals surface area contributed by atoms with Gasteiger partial charge in [-0.25, -0.2) is 0 Å². The molecule has 0 aromatic rings. The van der Waals surface area contributed by atoms with E-state index in [9.17, 15) is 4.79 Å². The Morgan fingerprint density at radius 2 is 2.60 bits per heavy atom. The van der Waals surface area contributed by atoms with Crippen LogP contribution in [0.2, 0.25) is 0 Å². The molecule has 1 unspecified atom stereocenters. The zero-order chi connectivity index (χ0) is 7.40. The Morgan fingerprint density at radius 1 is 1.80 bits per heavy atom. The van der Waals surface area contributed by atoms with Crippen LogP contribution < -0.4 is 5.32 Å². The fourth-order valence-corrected chi connectivity index (χ4v) is 1.10. The molecule has 0 aromatic carbocycles. The van der Waals surface area contributed by atoms with E-state index in [4.69, 9.17) is 4.74 Å². The molecule has 1 aliphatic rings. The molecular weight excluding hydrogens is 130 g/mol. The highest BCUT2D eigenvalue weighted by molar-refractivity contribution is 5.76. The lowest BCUT2D eigenvalue weighted by Gasteiger charge is -2.22. The lowest BCUT2D eigenvalue weighted by molar-refractivity contribution is -0.118. The number of carbonyl (C=O) groups is 1. The minimum Gasteiger partial charge on any atom is -0.379 e. The third kappa shape index (κ3) is 2.45. The van der Waals surface area contributed by atoms with E-state index in [-0.39, 0.29) is 11.8 Å². The summed E-state index contributed by atoms with van der Waals surface area (Å²) in [5.41, 5.74) is 0. The number of ether oxygens (including phenoxy) is 1. The quantitative estimate of drug-likeness (QED) is 0.589. The van der Waals surface area contributed by atoms with Crippen molar-refractivity contribution in [1.29, 1.82) is 0 Å². The Labute approximate surface area is 60.7 Å². The second kappa shape index (κ2) is 3.68. The van der Waals surface area contributed by atoms with Crippen molar-refractivity contribution in [1.82, 2.24) is 5.32 Å². The summed E-state index contributed by atoms with van der Waals surface area (Å²) in [6, 6.07) is 0.256. The minimum absolute atomic E-state index is 0.225. The van der Waals surface area contributed by atoms with Gasteiger partial charge >= 0.3 is 0 Å². The zero-order valence-electron chi connectivity index (χ0n) is 6.22. The molecule has 0 bridgehead atoms. The first-order valence-electron chi connectivity index (χ1n) is 3.59. The average Bonchev–Trinajstić information content (AvgIpc) is 1.88. The number of nitrogens with one attached hydrogen (secondary N) is 1. The Hall–Kier alpha value is -0.410. The van der Waals surface area contributed by atoms with Crippen LogP contribution in [0.3, 0.4) is 0 Å². The van der Waals surface area contributed by atoms with Crippen LogP contribution in [0, 0.1) is 0 Å². The molecule has 0 saturated carbocycles. The highest BCUT2D eigenvalue weighted by Crippen LogP contribution is 1.97. The number of ketones is 1. The van der Waals surface area contributed by atoms with Crippen LogP contribution in [0.25, 0.3) is 0 Å². The topological polar surface area (TPSA) is 38.3 Å². The van der Waals surface area contributed by atoms with Crippen LogP contribution >= 0.6 is 0 Å². The van der Waals surface area contributed by atoms with Gasteiger partial charge in [-0.2, -0.15) is 0 Å². The molecular formula is C7H13NO2. The van der Waals surface area contributed by atoms with Crippen LogP contribution in [0.4, 0.5) is 0 Å². The van der Waals surface area contributed by atoms with E-state index in [0.29, 0.717) is 13.0 Å². The van der Waals surface area contributed by atoms with Crippen molar-refractivity contribution in [2.75, 3.05) is 19.8 Å².